The lowest BCUT2D eigenvalue weighted by Gasteiger charge is -2.30. The molecule has 1 aliphatic rings. The van der Waals surface area contributed by atoms with Gasteiger partial charge in [-0.05, 0) is 6.92 Å². The first-order valence-electron chi connectivity index (χ1n) is 6.82. The molecule has 1 aliphatic heterocycles. The highest BCUT2D eigenvalue weighted by molar-refractivity contribution is 7.43. The average Bonchev–Trinajstić information content (AvgIpc) is 3.00. The van der Waals surface area contributed by atoms with Gasteiger partial charge in [0.1, 0.15) is 29.7 Å². The zero-order chi connectivity index (χ0) is 17.6. The molecule has 0 saturated carbocycles. The van der Waals surface area contributed by atoms with Gasteiger partial charge in [-0.3, -0.25) is 4.57 Å². The van der Waals surface area contributed by atoms with E-state index in [2.05, 4.69) is 19.5 Å². The number of aliphatic hydroxyl groups is 2. The fourth-order valence-corrected chi connectivity index (χ4v) is 2.83. The van der Waals surface area contributed by atoms with Crippen molar-refractivity contribution in [1.82, 2.24) is 19.5 Å². The number of phosphoric acid groups is 1. The normalized spacial score (nSPS) is 27.9. The second-order valence-electron chi connectivity index (χ2n) is 5.27. The summed E-state index contributed by atoms with van der Waals surface area (Å²) in [6.45, 7) is 0.895. The second kappa shape index (κ2) is 6.01. The number of nitrogens with two attached hydrogens (primary N) is 1. The lowest BCUT2D eigenvalue weighted by atomic mass is 10.1. The molecule has 1 saturated heterocycles. The van der Waals surface area contributed by atoms with Gasteiger partial charge < -0.3 is 39.6 Å². The van der Waals surface area contributed by atoms with Crippen molar-refractivity contribution in [2.75, 3.05) is 12.3 Å². The quantitative estimate of drug-likeness (QED) is 0.477. The van der Waals surface area contributed by atoms with E-state index in [4.69, 9.17) is 10.5 Å². The smallest absolute Gasteiger partial charge is 0.167 e. The zero-order valence-corrected chi connectivity index (χ0v) is 13.2. The first-order chi connectivity index (χ1) is 11.2. The third-order valence-electron chi connectivity index (χ3n) is 3.57. The molecule has 0 unspecified atom stereocenters. The lowest BCUT2D eigenvalue weighted by molar-refractivity contribution is -0.343. The molecule has 4 N–H and O–H groups in total. The van der Waals surface area contributed by atoms with E-state index in [1.54, 1.807) is 6.92 Å². The predicted octanol–water partition coefficient (Wildman–Crippen LogP) is -2.82. The van der Waals surface area contributed by atoms with Gasteiger partial charge in [-0.15, -0.1) is 0 Å². The molecule has 2 aromatic heterocycles. The number of phosphoric ester groups is 1. The first-order valence-corrected chi connectivity index (χ1v) is 8.28. The molecule has 13 heteroatoms. The van der Waals surface area contributed by atoms with Gasteiger partial charge in [-0.2, -0.15) is 0 Å². The molecular formula is C11H14N5O7P-2. The van der Waals surface area contributed by atoms with Crippen LogP contribution >= 0.6 is 7.82 Å². The van der Waals surface area contributed by atoms with Crippen molar-refractivity contribution < 1.29 is 33.8 Å². The summed E-state index contributed by atoms with van der Waals surface area (Å²) in [5.74, 6) is 0.510. The van der Waals surface area contributed by atoms with Crippen LogP contribution in [-0.4, -0.2) is 54.7 Å². The van der Waals surface area contributed by atoms with E-state index in [-0.39, 0.29) is 17.0 Å². The van der Waals surface area contributed by atoms with E-state index in [1.807, 2.05) is 0 Å². The summed E-state index contributed by atoms with van der Waals surface area (Å²) in [5, 5.41) is 20.1. The van der Waals surface area contributed by atoms with Gasteiger partial charge in [-0.1, -0.05) is 0 Å². The van der Waals surface area contributed by atoms with Crippen LogP contribution in [0.15, 0.2) is 6.33 Å². The fourth-order valence-electron chi connectivity index (χ4n) is 2.50. The second-order valence-corrected chi connectivity index (χ2v) is 6.42. The largest absolute Gasteiger partial charge is 0.790 e. The molecular weight excluding hydrogens is 345 g/mol. The number of fused-ring (bicyclic) bond motifs is 1. The zero-order valence-electron chi connectivity index (χ0n) is 12.3. The van der Waals surface area contributed by atoms with Gasteiger partial charge in [0.05, 0.1) is 20.8 Å². The molecule has 0 aliphatic carbocycles. The van der Waals surface area contributed by atoms with E-state index in [1.165, 1.54) is 10.9 Å². The van der Waals surface area contributed by atoms with Crippen LogP contribution in [0.5, 0.6) is 0 Å². The van der Waals surface area contributed by atoms with Crippen molar-refractivity contribution in [3.8, 4) is 0 Å². The number of ether oxygens (including phenoxy) is 1. The highest BCUT2D eigenvalue weighted by atomic mass is 31.2. The maximum atomic E-state index is 10.5. The molecule has 0 radical (unpaired) electrons. The Bertz CT molecular complexity index is 807. The molecule has 0 aromatic carbocycles. The van der Waals surface area contributed by atoms with Gasteiger partial charge in [0.15, 0.2) is 17.7 Å². The number of aromatic nitrogens is 4. The monoisotopic (exact) mass is 359 g/mol. The summed E-state index contributed by atoms with van der Waals surface area (Å²) in [6.07, 6.45) is -3.95. The Kier molecular flexibility index (Phi) is 4.30. The van der Waals surface area contributed by atoms with Crippen LogP contribution in [0, 0.1) is 6.92 Å². The number of aryl methyl sites for hydroxylation is 1. The third kappa shape index (κ3) is 3.13. The minimum absolute atomic E-state index is 0.141. The Morgan fingerprint density at radius 3 is 2.79 bits per heavy atom. The minimum atomic E-state index is -5.23. The van der Waals surface area contributed by atoms with Crippen molar-refractivity contribution in [2.45, 2.75) is 31.5 Å². The Labute approximate surface area is 135 Å². The molecule has 24 heavy (non-hydrogen) atoms. The first kappa shape index (κ1) is 17.2. The van der Waals surface area contributed by atoms with Gasteiger partial charge in [0, 0.05) is 0 Å². The molecule has 3 heterocycles. The fraction of sp³-hybridized carbons (Fsp3) is 0.545. The molecule has 0 bridgehead atoms. The van der Waals surface area contributed by atoms with Crippen LogP contribution in [0.2, 0.25) is 0 Å². The maximum absolute atomic E-state index is 10.5. The van der Waals surface area contributed by atoms with Crippen molar-refractivity contribution in [1.29, 1.82) is 0 Å². The van der Waals surface area contributed by atoms with Gasteiger partial charge >= 0.3 is 0 Å². The van der Waals surface area contributed by atoms with Crippen molar-refractivity contribution in [3.63, 3.8) is 0 Å². The Hall–Kier alpha value is -1.66. The number of rotatable bonds is 4. The van der Waals surface area contributed by atoms with E-state index in [9.17, 15) is 24.6 Å². The standard InChI is InChI=1S/C11H16N5O7P/c1-4-14-9(12)6-10(15-4)16(3-13-6)11-8(18)7(17)5(23-11)2-22-24(19,20)21/h3,5,7-8,11,17-18H,2H2,1H3,(H2,12,14,15)(H2,19,20,21)/p-2/t5-,7-,8-,11-/m1/s1. The van der Waals surface area contributed by atoms with E-state index in [0.717, 1.165) is 0 Å². The summed E-state index contributed by atoms with van der Waals surface area (Å²) in [7, 11) is -5.23. The predicted molar refractivity (Wildman–Crippen MR) is 74.0 cm³/mol. The Morgan fingerprint density at radius 2 is 2.12 bits per heavy atom. The molecule has 132 valence electrons. The van der Waals surface area contributed by atoms with Crippen molar-refractivity contribution in [2.24, 2.45) is 0 Å². The molecule has 4 atom stereocenters. The Morgan fingerprint density at radius 1 is 1.42 bits per heavy atom. The highest BCUT2D eigenvalue weighted by Crippen LogP contribution is 2.34. The summed E-state index contributed by atoms with van der Waals surface area (Å²) < 4.78 is 21.4. The molecule has 3 rings (SSSR count). The Balaban J connectivity index is 1.89. The summed E-state index contributed by atoms with van der Waals surface area (Å²) in [6, 6.07) is 0. The number of nitrogen functional groups attached to an aromatic ring is 1. The van der Waals surface area contributed by atoms with Gasteiger partial charge in [0.25, 0.3) is 0 Å². The summed E-state index contributed by atoms with van der Waals surface area (Å²) in [4.78, 5) is 33.3. The van der Waals surface area contributed by atoms with Gasteiger partial charge in [-0.25, -0.2) is 15.0 Å². The highest BCUT2D eigenvalue weighted by Gasteiger charge is 2.44. The number of aliphatic hydroxyl groups excluding tert-OH is 2. The summed E-state index contributed by atoms with van der Waals surface area (Å²) in [5.41, 5.74) is 6.31. The van der Waals surface area contributed by atoms with Crippen LogP contribution in [-0.2, 0) is 13.8 Å². The SMILES string of the molecule is Cc1nc(N)c2ncn([C@@H]3O[C@H](COP(=O)([O-])[O-])[C@@H](O)[C@H]3O)c2n1. The number of anilines is 1. The number of hydrogen-bond acceptors (Lipinski definition) is 11. The molecule has 1 fully saturated rings. The van der Waals surface area contributed by atoms with Crippen LogP contribution < -0.4 is 15.5 Å². The number of imidazole rings is 1. The van der Waals surface area contributed by atoms with E-state index in [0.29, 0.717) is 5.82 Å². The van der Waals surface area contributed by atoms with Crippen LogP contribution in [0.4, 0.5) is 5.82 Å². The lowest BCUT2D eigenvalue weighted by Crippen LogP contribution is -2.34. The minimum Gasteiger partial charge on any atom is -0.790 e. The van der Waals surface area contributed by atoms with E-state index >= 15 is 0 Å². The van der Waals surface area contributed by atoms with Crippen LogP contribution in [0.3, 0.4) is 0 Å². The number of nitrogens with zero attached hydrogens (tertiary/aromatic N) is 4. The van der Waals surface area contributed by atoms with Gasteiger partial charge in [0.2, 0.25) is 0 Å². The average molecular weight is 359 g/mol. The van der Waals surface area contributed by atoms with Crippen molar-refractivity contribution in [3.05, 3.63) is 12.2 Å². The molecule has 0 amide bonds. The number of hydrogen-bond donors (Lipinski definition) is 3. The molecule has 12 nitrogen and oxygen atoms in total. The van der Waals surface area contributed by atoms with Crippen LogP contribution in [0.1, 0.15) is 12.1 Å². The van der Waals surface area contributed by atoms with E-state index < -0.39 is 39.0 Å². The topological polar surface area (TPSA) is 192 Å². The van der Waals surface area contributed by atoms with Crippen molar-refractivity contribution >= 4 is 24.8 Å². The summed E-state index contributed by atoms with van der Waals surface area (Å²) >= 11 is 0. The third-order valence-corrected chi connectivity index (χ3v) is 4.03. The molecule has 0 spiro atoms. The van der Waals surface area contributed by atoms with Crippen LogP contribution in [0.25, 0.3) is 11.2 Å². The molecule has 2 aromatic rings. The maximum Gasteiger partial charge on any atom is 0.167 e.